The number of carbonyl (C=O) groups is 4. The number of aromatic amines is 1. The molecule has 0 saturated carbocycles. The van der Waals surface area contributed by atoms with Crippen LogP contribution in [0.15, 0.2) is 78.9 Å². The summed E-state index contributed by atoms with van der Waals surface area (Å²) in [5.41, 5.74) is 3.11. The van der Waals surface area contributed by atoms with Gasteiger partial charge in [0, 0.05) is 61.3 Å². The molecule has 0 radical (unpaired) electrons. The average molecular weight is 612 g/mol. The van der Waals surface area contributed by atoms with Gasteiger partial charge in [0.2, 0.25) is 5.91 Å². The highest BCUT2D eigenvalue weighted by Gasteiger charge is 2.22. The molecule has 0 aliphatic rings. The molecule has 0 bridgehead atoms. The van der Waals surface area contributed by atoms with Gasteiger partial charge in [-0.15, -0.1) is 0 Å². The number of hydrogen-bond acceptors (Lipinski definition) is 5. The second kappa shape index (κ2) is 15.7. The molecule has 45 heavy (non-hydrogen) atoms. The molecule has 0 aliphatic heterocycles. The van der Waals surface area contributed by atoms with Crippen LogP contribution in [0, 0.1) is 0 Å². The van der Waals surface area contributed by atoms with Crippen molar-refractivity contribution in [2.24, 2.45) is 0 Å². The van der Waals surface area contributed by atoms with Crippen LogP contribution >= 0.6 is 0 Å². The standard InChI is InChI=1S/C35H41N5O5/c1-4-27(5-2)40(21-20-39(3)30(41)18-19-31(42)43)23-24-12-11-13-25(22-24)34(44)38-33-32(28-16-9-10-17-29(28)37-33)35(45)36-26-14-7-6-8-15-26/h6-17,22,27,37H,4-5,18-21,23H2,1-3H3,(H,36,45)(H,38,44)(H,42,43). The van der Waals surface area contributed by atoms with E-state index in [1.54, 1.807) is 30.1 Å². The lowest BCUT2D eigenvalue weighted by atomic mass is 10.1. The van der Waals surface area contributed by atoms with Gasteiger partial charge >= 0.3 is 5.97 Å². The Balaban J connectivity index is 1.50. The van der Waals surface area contributed by atoms with Crippen molar-refractivity contribution in [1.29, 1.82) is 0 Å². The monoisotopic (exact) mass is 611 g/mol. The van der Waals surface area contributed by atoms with E-state index in [2.05, 4.69) is 34.4 Å². The van der Waals surface area contributed by atoms with E-state index in [0.717, 1.165) is 23.9 Å². The smallest absolute Gasteiger partial charge is 0.303 e. The molecule has 3 amide bonds. The fourth-order valence-corrected chi connectivity index (χ4v) is 5.42. The Bertz CT molecular complexity index is 1630. The average Bonchev–Trinajstić information content (AvgIpc) is 3.41. The van der Waals surface area contributed by atoms with Crippen LogP contribution < -0.4 is 10.6 Å². The first-order valence-electron chi connectivity index (χ1n) is 15.3. The molecule has 4 rings (SSSR count). The van der Waals surface area contributed by atoms with Crippen LogP contribution in [0.1, 0.15) is 65.8 Å². The summed E-state index contributed by atoms with van der Waals surface area (Å²) >= 11 is 0. The number of fused-ring (bicyclic) bond motifs is 1. The Hall–Kier alpha value is -4.96. The second-order valence-corrected chi connectivity index (χ2v) is 11.0. The first-order valence-corrected chi connectivity index (χ1v) is 15.3. The number of para-hydroxylation sites is 2. The maximum Gasteiger partial charge on any atom is 0.303 e. The van der Waals surface area contributed by atoms with Crippen LogP contribution in [0.4, 0.5) is 11.5 Å². The molecule has 10 heteroatoms. The molecule has 0 atom stereocenters. The Morgan fingerprint density at radius 1 is 0.822 bits per heavy atom. The topological polar surface area (TPSA) is 135 Å². The van der Waals surface area contributed by atoms with Crippen LogP contribution in [0.25, 0.3) is 10.9 Å². The van der Waals surface area contributed by atoms with Gasteiger partial charge in [0.05, 0.1) is 12.0 Å². The quantitative estimate of drug-likeness (QED) is 0.131. The maximum atomic E-state index is 13.5. The maximum absolute atomic E-state index is 13.5. The first-order chi connectivity index (χ1) is 21.7. The number of carboxylic acid groups (broad SMARTS) is 1. The van der Waals surface area contributed by atoms with E-state index >= 15 is 0 Å². The first kappa shape index (κ1) is 32.9. The summed E-state index contributed by atoms with van der Waals surface area (Å²) in [7, 11) is 1.69. The minimum atomic E-state index is -0.990. The van der Waals surface area contributed by atoms with Gasteiger partial charge in [0.25, 0.3) is 11.8 Å². The zero-order valence-electron chi connectivity index (χ0n) is 26.0. The Kier molecular flexibility index (Phi) is 11.5. The van der Waals surface area contributed by atoms with Gasteiger partial charge in [0.15, 0.2) is 0 Å². The van der Waals surface area contributed by atoms with Gasteiger partial charge in [-0.2, -0.15) is 0 Å². The molecule has 3 aromatic carbocycles. The van der Waals surface area contributed by atoms with Crippen molar-refractivity contribution in [3.63, 3.8) is 0 Å². The van der Waals surface area contributed by atoms with Crippen molar-refractivity contribution >= 4 is 46.1 Å². The Labute approximate surface area is 263 Å². The summed E-state index contributed by atoms with van der Waals surface area (Å²) in [6.07, 6.45) is 1.62. The van der Waals surface area contributed by atoms with Gasteiger partial charge in [-0.1, -0.05) is 62.4 Å². The minimum Gasteiger partial charge on any atom is -0.481 e. The van der Waals surface area contributed by atoms with E-state index in [4.69, 9.17) is 5.11 Å². The normalized spacial score (nSPS) is 11.1. The highest BCUT2D eigenvalue weighted by Crippen LogP contribution is 2.28. The molecule has 0 saturated heterocycles. The van der Waals surface area contributed by atoms with Crippen molar-refractivity contribution in [3.8, 4) is 0 Å². The van der Waals surface area contributed by atoms with E-state index in [9.17, 15) is 19.2 Å². The van der Waals surface area contributed by atoms with E-state index < -0.39 is 5.97 Å². The van der Waals surface area contributed by atoms with Crippen LogP contribution in [0.3, 0.4) is 0 Å². The number of H-pyrrole nitrogens is 1. The highest BCUT2D eigenvalue weighted by atomic mass is 16.4. The van der Waals surface area contributed by atoms with Gasteiger partial charge < -0.3 is 25.6 Å². The molecule has 4 aromatic rings. The molecule has 10 nitrogen and oxygen atoms in total. The molecule has 236 valence electrons. The third-order valence-corrected chi connectivity index (χ3v) is 7.94. The summed E-state index contributed by atoms with van der Waals surface area (Å²) in [4.78, 5) is 57.3. The molecule has 0 unspecified atom stereocenters. The summed E-state index contributed by atoms with van der Waals surface area (Å²) < 4.78 is 0. The largest absolute Gasteiger partial charge is 0.481 e. The number of benzene rings is 3. The lowest BCUT2D eigenvalue weighted by molar-refractivity contribution is -0.140. The van der Waals surface area contributed by atoms with E-state index in [-0.39, 0.29) is 36.6 Å². The van der Waals surface area contributed by atoms with Crippen molar-refractivity contribution in [1.82, 2.24) is 14.8 Å². The lowest BCUT2D eigenvalue weighted by Crippen LogP contribution is -2.41. The summed E-state index contributed by atoms with van der Waals surface area (Å²) in [6, 6.07) is 24.2. The predicted octanol–water partition coefficient (Wildman–Crippen LogP) is 5.99. The highest BCUT2D eigenvalue weighted by molar-refractivity contribution is 6.19. The van der Waals surface area contributed by atoms with Crippen molar-refractivity contribution in [2.45, 2.75) is 52.1 Å². The minimum absolute atomic E-state index is 0.0278. The van der Waals surface area contributed by atoms with Gasteiger partial charge in [-0.25, -0.2) is 0 Å². The lowest BCUT2D eigenvalue weighted by Gasteiger charge is -2.32. The molecular formula is C35H41N5O5. The van der Waals surface area contributed by atoms with Crippen LogP contribution in [0.5, 0.6) is 0 Å². The third-order valence-electron chi connectivity index (χ3n) is 7.94. The fraction of sp³-hybridized carbons (Fsp3) is 0.314. The number of amides is 3. The number of aliphatic carboxylic acids is 1. The van der Waals surface area contributed by atoms with Crippen molar-refractivity contribution < 1.29 is 24.3 Å². The van der Waals surface area contributed by atoms with Crippen molar-refractivity contribution in [2.75, 3.05) is 30.8 Å². The number of hydrogen-bond donors (Lipinski definition) is 4. The van der Waals surface area contributed by atoms with Crippen molar-refractivity contribution in [3.05, 3.63) is 95.6 Å². The zero-order valence-corrected chi connectivity index (χ0v) is 26.0. The van der Waals surface area contributed by atoms with E-state index in [1.165, 1.54) is 0 Å². The van der Waals surface area contributed by atoms with Crippen LogP contribution in [0.2, 0.25) is 0 Å². The Morgan fingerprint density at radius 2 is 1.53 bits per heavy atom. The number of anilines is 2. The Morgan fingerprint density at radius 3 is 2.24 bits per heavy atom. The SMILES string of the molecule is CCC(CC)N(CCN(C)C(=O)CCC(=O)O)Cc1cccc(C(=O)Nc2[nH]c3ccccc3c2C(=O)Nc2ccccc2)c1. The predicted molar refractivity (Wildman–Crippen MR) is 176 cm³/mol. The molecule has 1 heterocycles. The van der Waals surface area contributed by atoms with E-state index in [0.29, 0.717) is 47.7 Å². The van der Waals surface area contributed by atoms with E-state index in [1.807, 2.05) is 60.7 Å². The zero-order chi connectivity index (χ0) is 32.3. The summed E-state index contributed by atoms with van der Waals surface area (Å²) in [5, 5.41) is 15.4. The number of nitrogens with one attached hydrogen (secondary N) is 3. The number of carbonyl (C=O) groups excluding carboxylic acids is 3. The molecule has 0 spiro atoms. The van der Waals surface area contributed by atoms with Crippen LogP contribution in [-0.2, 0) is 16.1 Å². The van der Waals surface area contributed by atoms with Gasteiger partial charge in [-0.3, -0.25) is 24.1 Å². The number of aromatic nitrogens is 1. The van der Waals surface area contributed by atoms with Gasteiger partial charge in [-0.05, 0) is 48.7 Å². The number of rotatable bonds is 15. The summed E-state index contributed by atoms with van der Waals surface area (Å²) in [5.74, 6) is -1.57. The van der Waals surface area contributed by atoms with Crippen LogP contribution in [-0.4, -0.2) is 69.8 Å². The number of carboxylic acids is 1. The summed E-state index contributed by atoms with van der Waals surface area (Å²) in [6.45, 7) is 5.88. The molecule has 4 N–H and O–H groups in total. The molecule has 1 aromatic heterocycles. The second-order valence-electron chi connectivity index (χ2n) is 11.0. The fourth-order valence-electron chi connectivity index (χ4n) is 5.42. The molecule has 0 aliphatic carbocycles. The molecular weight excluding hydrogens is 570 g/mol. The third kappa shape index (κ3) is 8.79. The number of likely N-dealkylation sites (N-methyl/N-ethyl adjacent to an activating group) is 1. The van der Waals surface area contributed by atoms with Gasteiger partial charge in [0.1, 0.15) is 5.82 Å². The molecule has 0 fully saturated rings. The number of nitrogens with zero attached hydrogens (tertiary/aromatic N) is 2.